The highest BCUT2D eigenvalue weighted by atomic mass is 16.7. The fraction of sp³-hybridized carbons (Fsp3) is 0.353. The van der Waals surface area contributed by atoms with E-state index in [1.165, 1.54) is 81.5 Å². The average Bonchev–Trinajstić information content (AvgIpc) is 3.23. The van der Waals surface area contributed by atoms with Gasteiger partial charge in [0.15, 0.2) is 5.78 Å². The lowest BCUT2D eigenvalue weighted by atomic mass is 9.96. The zero-order chi connectivity index (χ0) is 28.3. The van der Waals surface area contributed by atoms with Crippen molar-refractivity contribution in [1.82, 2.24) is 5.06 Å². The van der Waals surface area contributed by atoms with Gasteiger partial charge in [0, 0.05) is 11.1 Å². The van der Waals surface area contributed by atoms with Gasteiger partial charge in [-0.2, -0.15) is 0 Å². The second-order valence-electron chi connectivity index (χ2n) is 10.3. The summed E-state index contributed by atoms with van der Waals surface area (Å²) in [6, 6.07) is 20.0. The molecule has 6 nitrogen and oxygen atoms in total. The molecule has 0 radical (unpaired) electrons. The van der Waals surface area contributed by atoms with Crippen LogP contribution in [0.2, 0.25) is 0 Å². The lowest BCUT2D eigenvalue weighted by Crippen LogP contribution is -2.33. The highest BCUT2D eigenvalue weighted by Crippen LogP contribution is 2.24. The summed E-state index contributed by atoms with van der Waals surface area (Å²) in [4.78, 5) is 56.7. The Bertz CT molecular complexity index is 1310. The molecular formula is C34H37NO5. The number of benzene rings is 3. The maximum absolute atomic E-state index is 13.3. The Morgan fingerprint density at radius 2 is 1.12 bits per heavy atom. The highest BCUT2D eigenvalue weighted by molar-refractivity contribution is 6.21. The van der Waals surface area contributed by atoms with Crippen LogP contribution in [0.15, 0.2) is 72.8 Å². The van der Waals surface area contributed by atoms with Crippen LogP contribution in [0.4, 0.5) is 0 Å². The van der Waals surface area contributed by atoms with E-state index in [1.54, 1.807) is 42.5 Å². The summed E-state index contributed by atoms with van der Waals surface area (Å²) < 4.78 is 0. The molecule has 2 amide bonds. The van der Waals surface area contributed by atoms with E-state index >= 15 is 0 Å². The number of ketones is 1. The number of nitrogens with zero attached hydrogens (tertiary/aromatic N) is 1. The quantitative estimate of drug-likeness (QED) is 0.112. The molecule has 1 aliphatic heterocycles. The number of carbonyl (C=O) groups is 4. The Balaban J connectivity index is 1.30. The van der Waals surface area contributed by atoms with Crippen molar-refractivity contribution in [1.29, 1.82) is 0 Å². The third kappa shape index (κ3) is 7.12. The van der Waals surface area contributed by atoms with Crippen LogP contribution >= 0.6 is 0 Å². The molecule has 0 aliphatic carbocycles. The summed E-state index contributed by atoms with van der Waals surface area (Å²) in [7, 11) is 0. The molecule has 0 saturated carbocycles. The molecule has 4 rings (SSSR count). The van der Waals surface area contributed by atoms with Gasteiger partial charge in [-0.15, -0.1) is 0 Å². The van der Waals surface area contributed by atoms with Gasteiger partial charge in [0.1, 0.15) is 0 Å². The Hall–Kier alpha value is -4.06. The molecule has 208 valence electrons. The number of amides is 2. The second kappa shape index (κ2) is 14.4. The Kier molecular flexibility index (Phi) is 10.4. The SMILES string of the molecule is CCCCCCCCCCCCc1ccc(C(=O)c2ccccc2C(=O)ON2C(=O)c3ccccc3C2=O)cc1. The van der Waals surface area contributed by atoms with Crippen molar-refractivity contribution >= 4 is 23.6 Å². The number of aryl methyl sites for hydroxylation is 1. The number of hydrogen-bond acceptors (Lipinski definition) is 5. The van der Waals surface area contributed by atoms with E-state index in [4.69, 9.17) is 4.84 Å². The number of fused-ring (bicyclic) bond motifs is 1. The number of rotatable bonds is 15. The molecule has 0 bridgehead atoms. The third-order valence-corrected chi connectivity index (χ3v) is 7.36. The van der Waals surface area contributed by atoms with Crippen LogP contribution in [0, 0.1) is 0 Å². The number of hydroxylamine groups is 2. The Labute approximate surface area is 236 Å². The van der Waals surface area contributed by atoms with E-state index in [-0.39, 0.29) is 28.0 Å². The van der Waals surface area contributed by atoms with Gasteiger partial charge >= 0.3 is 5.97 Å². The molecule has 0 fully saturated rings. The van der Waals surface area contributed by atoms with Crippen molar-refractivity contribution in [2.45, 2.75) is 77.6 Å². The lowest BCUT2D eigenvalue weighted by Gasteiger charge is -2.14. The smallest absolute Gasteiger partial charge is 0.324 e. The van der Waals surface area contributed by atoms with Crippen molar-refractivity contribution in [3.05, 3.63) is 106 Å². The van der Waals surface area contributed by atoms with Gasteiger partial charge < -0.3 is 4.84 Å². The molecule has 6 heteroatoms. The van der Waals surface area contributed by atoms with Gasteiger partial charge in [0.25, 0.3) is 11.8 Å². The zero-order valence-corrected chi connectivity index (χ0v) is 23.2. The number of imide groups is 1. The van der Waals surface area contributed by atoms with Crippen molar-refractivity contribution < 1.29 is 24.0 Å². The summed E-state index contributed by atoms with van der Waals surface area (Å²) in [5.74, 6) is -2.71. The normalized spacial score (nSPS) is 12.5. The molecule has 3 aromatic rings. The van der Waals surface area contributed by atoms with Crippen LogP contribution in [-0.2, 0) is 11.3 Å². The van der Waals surface area contributed by atoms with Crippen LogP contribution < -0.4 is 0 Å². The van der Waals surface area contributed by atoms with E-state index in [0.29, 0.717) is 10.6 Å². The predicted molar refractivity (Wildman–Crippen MR) is 154 cm³/mol. The molecule has 0 unspecified atom stereocenters. The lowest BCUT2D eigenvalue weighted by molar-refractivity contribution is -0.0584. The first-order chi connectivity index (χ1) is 19.5. The summed E-state index contributed by atoms with van der Waals surface area (Å²) >= 11 is 0. The van der Waals surface area contributed by atoms with E-state index in [2.05, 4.69) is 6.92 Å². The minimum atomic E-state index is -0.948. The number of hydrogen-bond donors (Lipinski definition) is 0. The molecule has 1 aliphatic rings. The summed E-state index contributed by atoms with van der Waals surface area (Å²) in [5, 5.41) is 0.455. The van der Waals surface area contributed by atoms with Crippen molar-refractivity contribution in [2.24, 2.45) is 0 Å². The molecule has 40 heavy (non-hydrogen) atoms. The predicted octanol–water partition coefficient (Wildman–Crippen LogP) is 7.75. The molecule has 3 aromatic carbocycles. The van der Waals surface area contributed by atoms with Crippen molar-refractivity contribution in [3.63, 3.8) is 0 Å². The average molecular weight is 540 g/mol. The monoisotopic (exact) mass is 539 g/mol. The standard InChI is InChI=1S/C34H37NO5/c1-2-3-4-5-6-7-8-9-10-11-16-25-21-23-26(24-22-25)31(36)27-17-12-15-20-30(27)34(39)40-35-32(37)28-18-13-14-19-29(28)33(35)38/h12-15,17-24H,2-11,16H2,1H3. The fourth-order valence-corrected chi connectivity index (χ4v) is 5.04. The first kappa shape index (κ1) is 28.9. The topological polar surface area (TPSA) is 80.8 Å². The van der Waals surface area contributed by atoms with Crippen LogP contribution in [0.5, 0.6) is 0 Å². The van der Waals surface area contributed by atoms with E-state index in [9.17, 15) is 19.2 Å². The van der Waals surface area contributed by atoms with Crippen LogP contribution in [0.1, 0.15) is 124 Å². The molecular weight excluding hydrogens is 502 g/mol. The summed E-state index contributed by atoms with van der Waals surface area (Å²) in [6.45, 7) is 2.24. The maximum Gasteiger partial charge on any atom is 0.364 e. The first-order valence-corrected chi connectivity index (χ1v) is 14.4. The van der Waals surface area contributed by atoms with Crippen LogP contribution in [0.3, 0.4) is 0 Å². The minimum Gasteiger partial charge on any atom is -0.324 e. The molecule has 0 atom stereocenters. The number of carbonyl (C=O) groups excluding carboxylic acids is 4. The summed E-state index contributed by atoms with van der Waals surface area (Å²) in [6.07, 6.45) is 13.9. The molecule has 0 saturated heterocycles. The van der Waals surface area contributed by atoms with Gasteiger partial charge in [0.05, 0.1) is 16.7 Å². The van der Waals surface area contributed by atoms with Gasteiger partial charge in [-0.1, -0.05) is 124 Å². The van der Waals surface area contributed by atoms with E-state index in [0.717, 1.165) is 12.8 Å². The maximum atomic E-state index is 13.3. The molecule has 0 spiro atoms. The second-order valence-corrected chi connectivity index (χ2v) is 10.3. The Morgan fingerprint density at radius 1 is 0.625 bits per heavy atom. The fourth-order valence-electron chi connectivity index (χ4n) is 5.04. The third-order valence-electron chi connectivity index (χ3n) is 7.36. The van der Waals surface area contributed by atoms with E-state index < -0.39 is 17.8 Å². The Morgan fingerprint density at radius 3 is 1.70 bits per heavy atom. The van der Waals surface area contributed by atoms with E-state index in [1.807, 2.05) is 12.1 Å². The van der Waals surface area contributed by atoms with Gasteiger partial charge in [-0.05, 0) is 36.6 Å². The highest BCUT2D eigenvalue weighted by Gasteiger charge is 2.39. The van der Waals surface area contributed by atoms with Gasteiger partial charge in [0.2, 0.25) is 0 Å². The number of unbranched alkanes of at least 4 members (excludes halogenated alkanes) is 9. The van der Waals surface area contributed by atoms with Gasteiger partial charge in [-0.3, -0.25) is 14.4 Å². The van der Waals surface area contributed by atoms with Crippen molar-refractivity contribution in [2.75, 3.05) is 0 Å². The van der Waals surface area contributed by atoms with Crippen LogP contribution in [-0.4, -0.2) is 28.6 Å². The van der Waals surface area contributed by atoms with Crippen LogP contribution in [0.25, 0.3) is 0 Å². The van der Waals surface area contributed by atoms with Gasteiger partial charge in [-0.25, -0.2) is 4.79 Å². The molecule has 1 heterocycles. The molecule has 0 N–H and O–H groups in total. The first-order valence-electron chi connectivity index (χ1n) is 14.4. The minimum absolute atomic E-state index is 0.0153. The molecule has 0 aromatic heterocycles. The van der Waals surface area contributed by atoms with Crippen molar-refractivity contribution in [3.8, 4) is 0 Å². The zero-order valence-electron chi connectivity index (χ0n) is 23.2. The summed E-state index contributed by atoms with van der Waals surface area (Å²) in [5.41, 5.74) is 2.09. The largest absolute Gasteiger partial charge is 0.364 e.